The molecule has 0 spiro atoms. The van der Waals surface area contributed by atoms with Gasteiger partial charge >= 0.3 is 0 Å². The smallest absolute Gasteiger partial charge is 0.261 e. The van der Waals surface area contributed by atoms with E-state index >= 15 is 0 Å². The third-order valence-electron chi connectivity index (χ3n) is 4.56. The molecule has 126 valence electrons. The van der Waals surface area contributed by atoms with Crippen molar-refractivity contribution in [3.05, 3.63) is 58.7 Å². The number of rotatable bonds is 2. The van der Waals surface area contributed by atoms with Crippen LogP contribution in [0.15, 0.2) is 42.0 Å². The van der Waals surface area contributed by atoms with Crippen LogP contribution in [-0.4, -0.2) is 18.6 Å². The third kappa shape index (κ3) is 2.67. The van der Waals surface area contributed by atoms with Crippen molar-refractivity contribution in [1.82, 2.24) is 0 Å². The number of ether oxygens (including phenoxy) is 2. The summed E-state index contributed by atoms with van der Waals surface area (Å²) in [6.07, 6.45) is 1.89. The second kappa shape index (κ2) is 5.77. The first-order chi connectivity index (χ1) is 12.0. The predicted octanol–water partition coefficient (Wildman–Crippen LogP) is 3.38. The minimum atomic E-state index is -0.290. The molecule has 1 saturated heterocycles. The van der Waals surface area contributed by atoms with Crippen LogP contribution in [-0.2, 0) is 9.59 Å². The topological polar surface area (TPSA) is 55.8 Å². The SMILES string of the molecule is Cc1ccc(/C=C2\CC(=O)N(c3ccc4c(c3)OCO4)C2=O)cc1C. The van der Waals surface area contributed by atoms with E-state index in [4.69, 9.17) is 9.47 Å². The molecule has 0 saturated carbocycles. The predicted molar refractivity (Wildman–Crippen MR) is 93.6 cm³/mol. The van der Waals surface area contributed by atoms with Crippen LogP contribution >= 0.6 is 0 Å². The quantitative estimate of drug-likeness (QED) is 0.624. The molecule has 0 N–H and O–H groups in total. The number of anilines is 1. The maximum Gasteiger partial charge on any atom is 0.261 e. The molecule has 2 aromatic rings. The van der Waals surface area contributed by atoms with Gasteiger partial charge in [0.1, 0.15) is 0 Å². The lowest BCUT2D eigenvalue weighted by Crippen LogP contribution is -2.28. The second-order valence-electron chi connectivity index (χ2n) is 6.26. The van der Waals surface area contributed by atoms with Gasteiger partial charge in [0.25, 0.3) is 5.91 Å². The number of hydrogen-bond acceptors (Lipinski definition) is 4. The summed E-state index contributed by atoms with van der Waals surface area (Å²) in [7, 11) is 0. The van der Waals surface area contributed by atoms with Gasteiger partial charge in [0.15, 0.2) is 11.5 Å². The number of fused-ring (bicyclic) bond motifs is 1. The van der Waals surface area contributed by atoms with Crippen molar-refractivity contribution in [2.45, 2.75) is 20.3 Å². The number of carbonyl (C=O) groups excluding carboxylic acids is 2. The van der Waals surface area contributed by atoms with Crippen molar-refractivity contribution in [3.8, 4) is 11.5 Å². The summed E-state index contributed by atoms with van der Waals surface area (Å²) in [5.74, 6) is 0.638. The molecule has 0 radical (unpaired) electrons. The zero-order valence-corrected chi connectivity index (χ0v) is 14.0. The molecule has 0 aliphatic carbocycles. The molecule has 2 aliphatic rings. The Morgan fingerprint density at radius 3 is 2.56 bits per heavy atom. The van der Waals surface area contributed by atoms with E-state index in [2.05, 4.69) is 0 Å². The van der Waals surface area contributed by atoms with Gasteiger partial charge in [0.2, 0.25) is 12.7 Å². The Morgan fingerprint density at radius 2 is 1.76 bits per heavy atom. The number of aryl methyl sites for hydroxylation is 2. The second-order valence-corrected chi connectivity index (χ2v) is 6.26. The Morgan fingerprint density at radius 1 is 0.960 bits per heavy atom. The van der Waals surface area contributed by atoms with E-state index in [0.29, 0.717) is 22.8 Å². The van der Waals surface area contributed by atoms with Crippen LogP contribution in [0.1, 0.15) is 23.1 Å². The van der Waals surface area contributed by atoms with Crippen molar-refractivity contribution in [1.29, 1.82) is 0 Å². The molecule has 5 heteroatoms. The van der Waals surface area contributed by atoms with Crippen LogP contribution < -0.4 is 14.4 Å². The van der Waals surface area contributed by atoms with Gasteiger partial charge in [-0.2, -0.15) is 0 Å². The average Bonchev–Trinajstić information content (AvgIpc) is 3.15. The molecular weight excluding hydrogens is 318 g/mol. The Bertz CT molecular complexity index is 929. The number of benzene rings is 2. The highest BCUT2D eigenvalue weighted by molar-refractivity contribution is 6.29. The number of imide groups is 1. The van der Waals surface area contributed by atoms with Gasteiger partial charge in [-0.3, -0.25) is 9.59 Å². The van der Waals surface area contributed by atoms with E-state index in [-0.39, 0.29) is 25.0 Å². The van der Waals surface area contributed by atoms with Crippen molar-refractivity contribution < 1.29 is 19.1 Å². The summed E-state index contributed by atoms with van der Waals surface area (Å²) in [5, 5.41) is 0. The fraction of sp³-hybridized carbons (Fsp3) is 0.200. The molecule has 0 bridgehead atoms. The Balaban J connectivity index is 1.66. The molecule has 0 aromatic heterocycles. The minimum Gasteiger partial charge on any atom is -0.454 e. The number of amides is 2. The van der Waals surface area contributed by atoms with E-state index in [0.717, 1.165) is 11.1 Å². The maximum atomic E-state index is 12.7. The van der Waals surface area contributed by atoms with Crippen LogP contribution in [0.3, 0.4) is 0 Å². The number of nitrogens with zero attached hydrogens (tertiary/aromatic N) is 1. The Hall–Kier alpha value is -3.08. The van der Waals surface area contributed by atoms with E-state index in [1.807, 2.05) is 32.0 Å². The fourth-order valence-corrected chi connectivity index (χ4v) is 3.03. The molecule has 2 aliphatic heterocycles. The molecule has 5 nitrogen and oxygen atoms in total. The normalized spacial score (nSPS) is 17.7. The highest BCUT2D eigenvalue weighted by atomic mass is 16.7. The summed E-state index contributed by atoms with van der Waals surface area (Å²) in [6.45, 7) is 4.22. The highest BCUT2D eigenvalue weighted by Gasteiger charge is 2.35. The molecule has 1 fully saturated rings. The summed E-state index contributed by atoms with van der Waals surface area (Å²) in [6, 6.07) is 11.1. The first kappa shape index (κ1) is 15.4. The first-order valence-corrected chi connectivity index (χ1v) is 8.08. The van der Waals surface area contributed by atoms with Crippen LogP contribution in [0.25, 0.3) is 6.08 Å². The van der Waals surface area contributed by atoms with Gasteiger partial charge in [-0.25, -0.2) is 4.90 Å². The lowest BCUT2D eigenvalue weighted by Gasteiger charge is -2.13. The summed E-state index contributed by atoms with van der Waals surface area (Å²) >= 11 is 0. The van der Waals surface area contributed by atoms with Crippen LogP contribution in [0.2, 0.25) is 0 Å². The van der Waals surface area contributed by atoms with Gasteiger partial charge in [-0.05, 0) is 48.7 Å². The van der Waals surface area contributed by atoms with E-state index < -0.39 is 0 Å². The molecule has 2 aromatic carbocycles. The first-order valence-electron chi connectivity index (χ1n) is 8.08. The van der Waals surface area contributed by atoms with Gasteiger partial charge in [0.05, 0.1) is 12.1 Å². The van der Waals surface area contributed by atoms with E-state index in [1.54, 1.807) is 24.3 Å². The Labute approximate surface area is 145 Å². The van der Waals surface area contributed by atoms with Crippen molar-refractivity contribution in [2.24, 2.45) is 0 Å². The molecule has 0 atom stereocenters. The molecule has 2 amide bonds. The van der Waals surface area contributed by atoms with Crippen molar-refractivity contribution in [2.75, 3.05) is 11.7 Å². The van der Waals surface area contributed by atoms with Crippen molar-refractivity contribution in [3.63, 3.8) is 0 Å². The van der Waals surface area contributed by atoms with E-state index in [9.17, 15) is 9.59 Å². The van der Waals surface area contributed by atoms with Gasteiger partial charge < -0.3 is 9.47 Å². The summed E-state index contributed by atoms with van der Waals surface area (Å²) in [5.41, 5.74) is 4.26. The molecule has 4 rings (SSSR count). The number of carbonyl (C=O) groups is 2. The Kier molecular flexibility index (Phi) is 3.57. The van der Waals surface area contributed by atoms with E-state index in [1.165, 1.54) is 10.5 Å². The minimum absolute atomic E-state index is 0.0974. The highest BCUT2D eigenvalue weighted by Crippen LogP contribution is 2.37. The molecule has 0 unspecified atom stereocenters. The monoisotopic (exact) mass is 335 g/mol. The third-order valence-corrected chi connectivity index (χ3v) is 4.56. The van der Waals surface area contributed by atoms with Crippen LogP contribution in [0.5, 0.6) is 11.5 Å². The summed E-state index contributed by atoms with van der Waals surface area (Å²) in [4.78, 5) is 26.3. The standard InChI is InChI=1S/C20H17NO4/c1-12-3-4-14(7-13(12)2)8-15-9-19(22)21(20(15)23)16-5-6-17-18(10-16)25-11-24-17/h3-8,10H,9,11H2,1-2H3/b15-8+. The van der Waals surface area contributed by atoms with Gasteiger partial charge in [-0.15, -0.1) is 0 Å². The van der Waals surface area contributed by atoms with Crippen LogP contribution in [0.4, 0.5) is 5.69 Å². The largest absolute Gasteiger partial charge is 0.454 e. The lowest BCUT2D eigenvalue weighted by molar-refractivity contribution is -0.120. The maximum absolute atomic E-state index is 12.7. The average molecular weight is 335 g/mol. The van der Waals surface area contributed by atoms with Crippen molar-refractivity contribution >= 4 is 23.6 Å². The van der Waals surface area contributed by atoms with Gasteiger partial charge in [0, 0.05) is 11.6 Å². The van der Waals surface area contributed by atoms with Gasteiger partial charge in [-0.1, -0.05) is 18.2 Å². The number of hydrogen-bond donors (Lipinski definition) is 0. The molecular formula is C20H17NO4. The summed E-state index contributed by atoms with van der Waals surface area (Å²) < 4.78 is 10.6. The fourth-order valence-electron chi connectivity index (χ4n) is 3.03. The molecule has 25 heavy (non-hydrogen) atoms. The zero-order chi connectivity index (χ0) is 17.6. The molecule has 2 heterocycles. The zero-order valence-electron chi connectivity index (χ0n) is 14.0. The lowest BCUT2D eigenvalue weighted by atomic mass is 10.0. The van der Waals surface area contributed by atoms with Crippen LogP contribution in [0, 0.1) is 13.8 Å².